The van der Waals surface area contributed by atoms with E-state index in [0.29, 0.717) is 11.1 Å². The summed E-state index contributed by atoms with van der Waals surface area (Å²) < 4.78 is 31.0. The van der Waals surface area contributed by atoms with Crippen LogP contribution in [0.3, 0.4) is 0 Å². The number of rotatable bonds is 4. The van der Waals surface area contributed by atoms with Gasteiger partial charge in [-0.05, 0) is 17.7 Å². The van der Waals surface area contributed by atoms with Crippen LogP contribution in [0.15, 0.2) is 24.3 Å². The van der Waals surface area contributed by atoms with Gasteiger partial charge in [-0.25, -0.2) is 8.42 Å². The standard InChI is InChI=1S/C13H15N3O4S/c14-7-10-1-3-11(4-2-10)9-21(18,19)16-5-6-20-8-12(16)13(15)17/h1-4,12H,5-6,8-9H2,(H2,15,17). The van der Waals surface area contributed by atoms with Crippen LogP contribution in [0.2, 0.25) is 0 Å². The molecule has 1 aliphatic rings. The lowest BCUT2D eigenvalue weighted by Crippen LogP contribution is -2.54. The van der Waals surface area contributed by atoms with Crippen molar-refractivity contribution in [3.63, 3.8) is 0 Å². The van der Waals surface area contributed by atoms with Gasteiger partial charge in [0.1, 0.15) is 6.04 Å². The van der Waals surface area contributed by atoms with Crippen LogP contribution < -0.4 is 5.73 Å². The highest BCUT2D eigenvalue weighted by Crippen LogP contribution is 2.17. The molecule has 1 unspecified atom stereocenters. The first-order valence-corrected chi connectivity index (χ1v) is 7.90. The summed E-state index contributed by atoms with van der Waals surface area (Å²) in [5.41, 5.74) is 6.23. The van der Waals surface area contributed by atoms with Gasteiger partial charge in [-0.3, -0.25) is 4.79 Å². The number of carbonyl (C=O) groups is 1. The van der Waals surface area contributed by atoms with E-state index in [4.69, 9.17) is 15.7 Å². The highest BCUT2D eigenvalue weighted by Gasteiger charge is 2.36. The molecule has 2 N–H and O–H groups in total. The van der Waals surface area contributed by atoms with Crippen LogP contribution >= 0.6 is 0 Å². The van der Waals surface area contributed by atoms with E-state index < -0.39 is 22.0 Å². The molecule has 1 heterocycles. The van der Waals surface area contributed by atoms with Crippen molar-refractivity contribution in [1.82, 2.24) is 4.31 Å². The summed E-state index contributed by atoms with van der Waals surface area (Å²) in [6.07, 6.45) is 0. The van der Waals surface area contributed by atoms with Crippen molar-refractivity contribution in [2.75, 3.05) is 19.8 Å². The molecule has 1 fully saturated rings. The van der Waals surface area contributed by atoms with E-state index in [1.807, 2.05) is 6.07 Å². The molecule has 0 radical (unpaired) electrons. The van der Waals surface area contributed by atoms with E-state index in [1.165, 1.54) is 0 Å². The highest BCUT2D eigenvalue weighted by atomic mass is 32.2. The third-order valence-electron chi connectivity index (χ3n) is 3.20. The number of amides is 1. The van der Waals surface area contributed by atoms with Crippen molar-refractivity contribution in [1.29, 1.82) is 5.26 Å². The number of nitrogens with two attached hydrogens (primary N) is 1. The molecule has 0 aromatic heterocycles. The number of sulfonamides is 1. The fourth-order valence-electron chi connectivity index (χ4n) is 2.11. The van der Waals surface area contributed by atoms with E-state index >= 15 is 0 Å². The smallest absolute Gasteiger partial charge is 0.238 e. The second-order valence-electron chi connectivity index (χ2n) is 4.67. The molecule has 2 rings (SSSR count). The molecule has 1 amide bonds. The predicted octanol–water partition coefficient (Wildman–Crippen LogP) is -0.426. The van der Waals surface area contributed by atoms with Crippen LogP contribution in [0, 0.1) is 11.3 Å². The van der Waals surface area contributed by atoms with E-state index in [0.717, 1.165) is 4.31 Å². The largest absolute Gasteiger partial charge is 0.378 e. The van der Waals surface area contributed by atoms with Gasteiger partial charge < -0.3 is 10.5 Å². The highest BCUT2D eigenvalue weighted by molar-refractivity contribution is 7.88. The Hall–Kier alpha value is -1.95. The molecule has 1 aromatic carbocycles. The second-order valence-corrected chi connectivity index (χ2v) is 6.59. The summed E-state index contributed by atoms with van der Waals surface area (Å²) in [6, 6.07) is 7.26. The fraction of sp³-hybridized carbons (Fsp3) is 0.385. The lowest BCUT2D eigenvalue weighted by Gasteiger charge is -2.32. The van der Waals surface area contributed by atoms with Crippen molar-refractivity contribution in [2.45, 2.75) is 11.8 Å². The lowest BCUT2D eigenvalue weighted by atomic mass is 10.2. The molecule has 0 saturated carbocycles. The Bertz CT molecular complexity index is 664. The summed E-state index contributed by atoms with van der Waals surface area (Å²) in [6.45, 7) is 0.310. The number of hydrogen-bond donors (Lipinski definition) is 1. The van der Waals surface area contributed by atoms with Crippen molar-refractivity contribution in [3.05, 3.63) is 35.4 Å². The average Bonchev–Trinajstić information content (AvgIpc) is 2.47. The molecule has 1 aromatic rings. The summed E-state index contributed by atoms with van der Waals surface area (Å²) in [7, 11) is -3.68. The molecule has 0 aliphatic carbocycles. The minimum absolute atomic E-state index is 0.0259. The number of benzene rings is 1. The van der Waals surface area contributed by atoms with E-state index in [-0.39, 0.29) is 25.5 Å². The fourth-order valence-corrected chi connectivity index (χ4v) is 3.80. The summed E-state index contributed by atoms with van der Waals surface area (Å²) >= 11 is 0. The monoisotopic (exact) mass is 309 g/mol. The van der Waals surface area contributed by atoms with Crippen LogP contribution in [0.5, 0.6) is 0 Å². The Morgan fingerprint density at radius 1 is 1.43 bits per heavy atom. The minimum Gasteiger partial charge on any atom is -0.378 e. The first-order chi connectivity index (χ1) is 9.94. The Labute approximate surface area is 123 Å². The van der Waals surface area contributed by atoms with Gasteiger partial charge in [-0.15, -0.1) is 0 Å². The van der Waals surface area contributed by atoms with E-state index in [2.05, 4.69) is 0 Å². The number of nitriles is 1. The number of nitrogens with zero attached hydrogens (tertiary/aromatic N) is 2. The summed E-state index contributed by atoms with van der Waals surface area (Å²) in [4.78, 5) is 11.3. The van der Waals surface area contributed by atoms with Gasteiger partial charge >= 0.3 is 0 Å². The molecule has 1 atom stereocenters. The van der Waals surface area contributed by atoms with Gasteiger partial charge in [-0.2, -0.15) is 9.57 Å². The summed E-state index contributed by atoms with van der Waals surface area (Å²) in [5.74, 6) is -0.972. The van der Waals surface area contributed by atoms with Crippen LogP contribution in [-0.2, 0) is 25.3 Å². The van der Waals surface area contributed by atoms with E-state index in [9.17, 15) is 13.2 Å². The lowest BCUT2D eigenvalue weighted by molar-refractivity contribution is -0.125. The maximum Gasteiger partial charge on any atom is 0.238 e. The van der Waals surface area contributed by atoms with Crippen molar-refractivity contribution in [2.24, 2.45) is 5.73 Å². The number of carbonyl (C=O) groups excluding carboxylic acids is 1. The zero-order valence-electron chi connectivity index (χ0n) is 11.2. The molecule has 0 bridgehead atoms. The maximum atomic E-state index is 12.4. The average molecular weight is 309 g/mol. The van der Waals surface area contributed by atoms with Crippen LogP contribution in [0.1, 0.15) is 11.1 Å². The third-order valence-corrected chi connectivity index (χ3v) is 5.05. The molecule has 112 valence electrons. The number of hydrogen-bond acceptors (Lipinski definition) is 5. The van der Waals surface area contributed by atoms with Gasteiger partial charge in [0.15, 0.2) is 0 Å². The molecule has 21 heavy (non-hydrogen) atoms. The number of primary amides is 1. The molecule has 1 aliphatic heterocycles. The van der Waals surface area contributed by atoms with Crippen molar-refractivity contribution in [3.8, 4) is 6.07 Å². The first kappa shape index (κ1) is 15.4. The van der Waals surface area contributed by atoms with Gasteiger partial charge in [0.05, 0.1) is 30.6 Å². The SMILES string of the molecule is N#Cc1ccc(CS(=O)(=O)N2CCOCC2C(N)=O)cc1. The Balaban J connectivity index is 2.20. The number of morpholine rings is 1. The van der Waals surface area contributed by atoms with Crippen LogP contribution in [-0.4, -0.2) is 44.4 Å². The van der Waals surface area contributed by atoms with Gasteiger partial charge in [0.2, 0.25) is 15.9 Å². The first-order valence-electron chi connectivity index (χ1n) is 6.29. The molecule has 0 spiro atoms. The molecular weight excluding hydrogens is 294 g/mol. The predicted molar refractivity (Wildman–Crippen MR) is 74.3 cm³/mol. The van der Waals surface area contributed by atoms with Gasteiger partial charge in [-0.1, -0.05) is 12.1 Å². The maximum absolute atomic E-state index is 12.4. The Kier molecular flexibility index (Phi) is 4.57. The quantitative estimate of drug-likeness (QED) is 0.811. The van der Waals surface area contributed by atoms with Crippen LogP contribution in [0.4, 0.5) is 0 Å². The minimum atomic E-state index is -3.68. The topological polar surface area (TPSA) is 113 Å². The molecule has 7 nitrogen and oxygen atoms in total. The third kappa shape index (κ3) is 3.58. The summed E-state index contributed by atoms with van der Waals surface area (Å²) in [5, 5.41) is 8.72. The second kappa shape index (κ2) is 6.22. The normalized spacial score (nSPS) is 19.9. The van der Waals surface area contributed by atoms with Gasteiger partial charge in [0.25, 0.3) is 0 Å². The zero-order valence-corrected chi connectivity index (χ0v) is 12.0. The van der Waals surface area contributed by atoms with Crippen LogP contribution in [0.25, 0.3) is 0 Å². The van der Waals surface area contributed by atoms with E-state index in [1.54, 1.807) is 24.3 Å². The molecule has 1 saturated heterocycles. The molecular formula is C13H15N3O4S. The van der Waals surface area contributed by atoms with Crippen molar-refractivity contribution < 1.29 is 17.9 Å². The zero-order chi connectivity index (χ0) is 15.5. The van der Waals surface area contributed by atoms with Gasteiger partial charge in [0, 0.05) is 6.54 Å². The number of ether oxygens (including phenoxy) is 1. The van der Waals surface area contributed by atoms with Crippen molar-refractivity contribution >= 4 is 15.9 Å². The Morgan fingerprint density at radius 3 is 2.67 bits per heavy atom. The molecule has 8 heteroatoms. The Morgan fingerprint density at radius 2 is 2.10 bits per heavy atom.